The van der Waals surface area contributed by atoms with Crippen LogP contribution in [0.25, 0.3) is 0 Å². The van der Waals surface area contributed by atoms with Gasteiger partial charge >= 0.3 is 6.01 Å². The predicted molar refractivity (Wildman–Crippen MR) is 114 cm³/mol. The lowest BCUT2D eigenvalue weighted by Crippen LogP contribution is -2.34. The molecule has 1 saturated carbocycles. The van der Waals surface area contributed by atoms with E-state index in [1.165, 1.54) is 19.3 Å². The first-order valence-electron chi connectivity index (χ1n) is 11.2. The maximum absolute atomic E-state index is 10.6. The number of ether oxygens (including phenoxy) is 1. The lowest BCUT2D eigenvalue weighted by Gasteiger charge is -2.30. The van der Waals surface area contributed by atoms with E-state index in [9.17, 15) is 4.79 Å². The van der Waals surface area contributed by atoms with Gasteiger partial charge in [0, 0.05) is 37.2 Å². The van der Waals surface area contributed by atoms with Gasteiger partial charge in [0.25, 0.3) is 0 Å². The largest absolute Gasteiger partial charge is 0.477 e. The van der Waals surface area contributed by atoms with Crippen molar-refractivity contribution in [3.8, 4) is 5.88 Å². The Labute approximate surface area is 178 Å². The fourth-order valence-corrected chi connectivity index (χ4v) is 4.57. The molecule has 3 heterocycles. The third-order valence-corrected chi connectivity index (χ3v) is 6.47. The van der Waals surface area contributed by atoms with Crippen molar-refractivity contribution in [2.75, 3.05) is 24.6 Å². The van der Waals surface area contributed by atoms with Crippen LogP contribution in [0.5, 0.6) is 5.88 Å². The first-order valence-corrected chi connectivity index (χ1v) is 11.2. The van der Waals surface area contributed by atoms with Crippen molar-refractivity contribution in [3.63, 3.8) is 0 Å². The number of pyridine rings is 1. The minimum atomic E-state index is 0.294. The Kier molecular flexibility index (Phi) is 6.35. The van der Waals surface area contributed by atoms with Crippen LogP contribution in [0.15, 0.2) is 16.8 Å². The van der Waals surface area contributed by atoms with Crippen LogP contribution in [0.4, 0.5) is 6.01 Å². The van der Waals surface area contributed by atoms with Crippen LogP contribution >= 0.6 is 0 Å². The van der Waals surface area contributed by atoms with Gasteiger partial charge in [0.05, 0.1) is 6.61 Å². The van der Waals surface area contributed by atoms with Gasteiger partial charge in [-0.3, -0.25) is 0 Å². The van der Waals surface area contributed by atoms with Crippen LogP contribution in [-0.4, -0.2) is 41.1 Å². The average molecular weight is 413 g/mol. The van der Waals surface area contributed by atoms with Gasteiger partial charge in [0.15, 0.2) is 5.82 Å². The molecule has 1 aliphatic carbocycles. The summed E-state index contributed by atoms with van der Waals surface area (Å²) < 4.78 is 11.4. The standard InChI is InChI=1S/C23H32N4O3/c1-15(2)21-25-23(30-26-21)27-8-4-18(5-9-27)20-13-19(20)7-11-29-22-16(3)12-17(6-10-28)14-24-22/h10,12,14-15,18-20H,4-9,11,13H2,1-3H3. The van der Waals surface area contributed by atoms with Gasteiger partial charge in [-0.1, -0.05) is 19.0 Å². The molecule has 7 heteroatoms. The third kappa shape index (κ3) is 4.82. The number of aromatic nitrogens is 3. The zero-order valence-electron chi connectivity index (χ0n) is 18.2. The number of aryl methyl sites for hydroxylation is 1. The Hall–Kier alpha value is -2.44. The molecular formula is C23H32N4O3. The molecule has 30 heavy (non-hydrogen) atoms. The summed E-state index contributed by atoms with van der Waals surface area (Å²) in [5.41, 5.74) is 1.93. The highest BCUT2D eigenvalue weighted by atomic mass is 16.5. The molecular weight excluding hydrogens is 380 g/mol. The zero-order chi connectivity index (χ0) is 21.1. The van der Waals surface area contributed by atoms with Crippen molar-refractivity contribution >= 4 is 12.3 Å². The van der Waals surface area contributed by atoms with Gasteiger partial charge in [-0.15, -0.1) is 0 Å². The summed E-state index contributed by atoms with van der Waals surface area (Å²) >= 11 is 0. The van der Waals surface area contributed by atoms with Crippen molar-refractivity contribution in [1.29, 1.82) is 0 Å². The van der Waals surface area contributed by atoms with Crippen LogP contribution in [0.2, 0.25) is 0 Å². The van der Waals surface area contributed by atoms with E-state index < -0.39 is 0 Å². The number of piperidine rings is 1. The molecule has 2 aliphatic rings. The van der Waals surface area contributed by atoms with Crippen molar-refractivity contribution in [2.24, 2.45) is 17.8 Å². The topological polar surface area (TPSA) is 81.4 Å². The molecule has 2 aromatic heterocycles. The molecule has 2 unspecified atom stereocenters. The Balaban J connectivity index is 1.18. The van der Waals surface area contributed by atoms with Crippen molar-refractivity contribution in [3.05, 3.63) is 29.2 Å². The first-order chi connectivity index (χ1) is 14.5. The number of hydrogen-bond donors (Lipinski definition) is 0. The Bertz CT molecular complexity index is 858. The SMILES string of the molecule is Cc1cc(CC=O)cnc1OCCC1CC1C1CCN(c2nc(C(C)C)no2)CC1. The van der Waals surface area contributed by atoms with E-state index in [0.717, 1.165) is 60.5 Å². The van der Waals surface area contributed by atoms with Gasteiger partial charge < -0.3 is 19.0 Å². The van der Waals surface area contributed by atoms with Gasteiger partial charge in [-0.2, -0.15) is 4.98 Å². The summed E-state index contributed by atoms with van der Waals surface area (Å²) in [5.74, 6) is 4.16. The normalized spacial score (nSPS) is 21.8. The number of aldehydes is 1. The molecule has 2 atom stereocenters. The van der Waals surface area contributed by atoms with E-state index in [1.54, 1.807) is 6.20 Å². The van der Waals surface area contributed by atoms with Crippen molar-refractivity contribution in [2.45, 2.75) is 58.8 Å². The molecule has 2 aromatic rings. The lowest BCUT2D eigenvalue weighted by molar-refractivity contribution is -0.107. The molecule has 0 N–H and O–H groups in total. The molecule has 1 aliphatic heterocycles. The van der Waals surface area contributed by atoms with Gasteiger partial charge in [-0.25, -0.2) is 4.98 Å². The van der Waals surface area contributed by atoms with E-state index in [1.807, 2.05) is 13.0 Å². The van der Waals surface area contributed by atoms with Crippen LogP contribution in [0, 0.1) is 24.7 Å². The summed E-state index contributed by atoms with van der Waals surface area (Å²) in [6.45, 7) is 8.86. The average Bonchev–Trinajstić information content (AvgIpc) is 3.32. The van der Waals surface area contributed by atoms with E-state index in [-0.39, 0.29) is 0 Å². The van der Waals surface area contributed by atoms with E-state index in [4.69, 9.17) is 9.26 Å². The molecule has 7 nitrogen and oxygen atoms in total. The van der Waals surface area contributed by atoms with E-state index in [2.05, 4.69) is 33.9 Å². The maximum atomic E-state index is 10.6. The highest BCUT2D eigenvalue weighted by Crippen LogP contribution is 2.50. The van der Waals surface area contributed by atoms with Gasteiger partial charge in [-0.05, 0) is 62.0 Å². The monoisotopic (exact) mass is 412 g/mol. The molecule has 4 rings (SSSR count). The number of rotatable bonds is 9. The fraction of sp³-hybridized carbons (Fsp3) is 0.652. The second kappa shape index (κ2) is 9.14. The molecule has 0 radical (unpaired) electrons. The number of carbonyl (C=O) groups excluding carboxylic acids is 1. The maximum Gasteiger partial charge on any atom is 0.324 e. The van der Waals surface area contributed by atoms with E-state index in [0.29, 0.717) is 30.8 Å². The number of carbonyl (C=O) groups is 1. The van der Waals surface area contributed by atoms with Crippen molar-refractivity contribution < 1.29 is 14.1 Å². The molecule has 0 amide bonds. The summed E-state index contributed by atoms with van der Waals surface area (Å²) in [7, 11) is 0. The van der Waals surface area contributed by atoms with Crippen LogP contribution in [0.3, 0.4) is 0 Å². The summed E-state index contributed by atoms with van der Waals surface area (Å²) in [5, 5.41) is 4.09. The summed E-state index contributed by atoms with van der Waals surface area (Å²) in [4.78, 5) is 21.8. The van der Waals surface area contributed by atoms with Gasteiger partial charge in [0.2, 0.25) is 5.88 Å². The minimum Gasteiger partial charge on any atom is -0.477 e. The Morgan fingerprint density at radius 2 is 2.13 bits per heavy atom. The highest BCUT2D eigenvalue weighted by molar-refractivity contribution is 5.55. The smallest absolute Gasteiger partial charge is 0.324 e. The Morgan fingerprint density at radius 1 is 1.33 bits per heavy atom. The quantitative estimate of drug-likeness (QED) is 0.577. The van der Waals surface area contributed by atoms with E-state index >= 15 is 0 Å². The fourth-order valence-electron chi connectivity index (χ4n) is 4.57. The molecule has 162 valence electrons. The summed E-state index contributed by atoms with van der Waals surface area (Å²) in [6.07, 6.45) is 7.83. The zero-order valence-corrected chi connectivity index (χ0v) is 18.2. The van der Waals surface area contributed by atoms with Crippen molar-refractivity contribution in [1.82, 2.24) is 15.1 Å². The molecule has 0 spiro atoms. The second-order valence-electron chi connectivity index (χ2n) is 9.05. The van der Waals surface area contributed by atoms with Gasteiger partial charge in [0.1, 0.15) is 6.29 Å². The minimum absolute atomic E-state index is 0.294. The number of nitrogens with zero attached hydrogens (tertiary/aromatic N) is 4. The second-order valence-corrected chi connectivity index (χ2v) is 9.05. The van der Waals surface area contributed by atoms with Crippen LogP contribution in [0.1, 0.15) is 62.4 Å². The number of anilines is 1. The van der Waals surface area contributed by atoms with Crippen LogP contribution in [-0.2, 0) is 11.2 Å². The third-order valence-electron chi connectivity index (χ3n) is 6.47. The molecule has 2 fully saturated rings. The highest BCUT2D eigenvalue weighted by Gasteiger charge is 2.43. The predicted octanol–water partition coefficient (Wildman–Crippen LogP) is 3.96. The molecule has 0 bridgehead atoms. The number of hydrogen-bond acceptors (Lipinski definition) is 7. The Morgan fingerprint density at radius 3 is 2.80 bits per heavy atom. The lowest BCUT2D eigenvalue weighted by atomic mass is 9.90. The van der Waals surface area contributed by atoms with Crippen LogP contribution < -0.4 is 9.64 Å². The first kappa shape index (κ1) is 20.8. The molecule has 0 aromatic carbocycles. The molecule has 1 saturated heterocycles. The summed E-state index contributed by atoms with van der Waals surface area (Å²) in [6, 6.07) is 2.66.